The molecule has 0 aromatic heterocycles. The summed E-state index contributed by atoms with van der Waals surface area (Å²) in [7, 11) is -3.61. The summed E-state index contributed by atoms with van der Waals surface area (Å²) in [4.78, 5) is 12.6. The van der Waals surface area contributed by atoms with Gasteiger partial charge in [0.15, 0.2) is 0 Å². The molecule has 1 N–H and O–H groups in total. The minimum Gasteiger partial charge on any atom is -0.494 e. The van der Waals surface area contributed by atoms with Gasteiger partial charge < -0.3 is 10.1 Å². The van der Waals surface area contributed by atoms with Crippen LogP contribution in [0.4, 0.5) is 5.69 Å². The average Bonchev–Trinajstić information content (AvgIpc) is 3.14. The monoisotopic (exact) mass is 416 g/mol. The fourth-order valence-corrected chi connectivity index (χ4v) is 4.49. The minimum absolute atomic E-state index is 0.199. The molecule has 29 heavy (non-hydrogen) atoms. The average molecular weight is 417 g/mol. The molecule has 0 unspecified atom stereocenters. The van der Waals surface area contributed by atoms with E-state index < -0.39 is 10.0 Å². The number of carbonyl (C=O) groups excluding carboxylic acids is 1. The van der Waals surface area contributed by atoms with E-state index in [1.165, 1.54) is 17.5 Å². The maximum atomic E-state index is 12.6. The van der Waals surface area contributed by atoms with Crippen molar-refractivity contribution in [3.63, 3.8) is 0 Å². The predicted molar refractivity (Wildman–Crippen MR) is 115 cm³/mol. The Hall–Kier alpha value is -2.54. The number of sulfonamides is 1. The number of benzene rings is 2. The predicted octanol–water partition coefficient (Wildman–Crippen LogP) is 3.22. The van der Waals surface area contributed by atoms with Gasteiger partial charge in [0.05, 0.1) is 24.6 Å². The van der Waals surface area contributed by atoms with Crippen molar-refractivity contribution in [1.82, 2.24) is 5.32 Å². The molecule has 1 aliphatic rings. The highest BCUT2D eigenvalue weighted by atomic mass is 32.2. The van der Waals surface area contributed by atoms with Crippen LogP contribution in [0.25, 0.3) is 0 Å². The number of ether oxygens (including phenoxy) is 1. The van der Waals surface area contributed by atoms with Gasteiger partial charge >= 0.3 is 0 Å². The molecule has 0 saturated heterocycles. The first-order valence-electron chi connectivity index (χ1n) is 9.89. The lowest BCUT2D eigenvalue weighted by Crippen LogP contribution is -2.41. The summed E-state index contributed by atoms with van der Waals surface area (Å²) < 4.78 is 31.1. The molecule has 0 fully saturated rings. The highest BCUT2D eigenvalue weighted by Crippen LogP contribution is 2.26. The topological polar surface area (TPSA) is 75.7 Å². The second-order valence-corrected chi connectivity index (χ2v) is 9.27. The zero-order valence-corrected chi connectivity index (χ0v) is 18.0. The molecule has 0 radical (unpaired) electrons. The van der Waals surface area contributed by atoms with Crippen LogP contribution in [-0.4, -0.2) is 33.7 Å². The van der Waals surface area contributed by atoms with Crippen LogP contribution in [0.15, 0.2) is 42.5 Å². The zero-order valence-electron chi connectivity index (χ0n) is 17.1. The van der Waals surface area contributed by atoms with E-state index >= 15 is 0 Å². The summed E-state index contributed by atoms with van der Waals surface area (Å²) in [5, 5.41) is 2.92. The smallest absolute Gasteiger partial charge is 0.241 e. The van der Waals surface area contributed by atoms with E-state index in [0.717, 1.165) is 29.0 Å². The first-order valence-corrected chi connectivity index (χ1v) is 11.7. The first kappa shape index (κ1) is 21.2. The van der Waals surface area contributed by atoms with Crippen LogP contribution in [-0.2, 0) is 27.7 Å². The fraction of sp³-hybridized carbons (Fsp3) is 0.409. The van der Waals surface area contributed by atoms with Gasteiger partial charge in [0, 0.05) is 0 Å². The quantitative estimate of drug-likeness (QED) is 0.717. The molecule has 3 rings (SSSR count). The molecule has 0 heterocycles. The summed E-state index contributed by atoms with van der Waals surface area (Å²) in [6.07, 6.45) is 4.46. The van der Waals surface area contributed by atoms with Crippen LogP contribution in [0.1, 0.15) is 43.0 Å². The summed E-state index contributed by atoms with van der Waals surface area (Å²) in [6, 6.07) is 12.8. The van der Waals surface area contributed by atoms with Crippen molar-refractivity contribution in [1.29, 1.82) is 0 Å². The van der Waals surface area contributed by atoms with E-state index in [4.69, 9.17) is 4.74 Å². The Morgan fingerprint density at radius 3 is 2.48 bits per heavy atom. The summed E-state index contributed by atoms with van der Waals surface area (Å²) in [5.41, 5.74) is 4.18. The molecule has 1 atom stereocenters. The third-order valence-electron chi connectivity index (χ3n) is 5.12. The van der Waals surface area contributed by atoms with E-state index in [2.05, 4.69) is 17.4 Å². The van der Waals surface area contributed by atoms with Crippen molar-refractivity contribution in [3.8, 4) is 5.75 Å². The first-order chi connectivity index (χ1) is 13.8. The van der Waals surface area contributed by atoms with E-state index in [0.29, 0.717) is 18.0 Å². The molecule has 156 valence electrons. The van der Waals surface area contributed by atoms with Crippen LogP contribution < -0.4 is 14.4 Å². The molecule has 0 saturated carbocycles. The lowest BCUT2D eigenvalue weighted by atomic mass is 10.0. The summed E-state index contributed by atoms with van der Waals surface area (Å²) >= 11 is 0. The standard InChI is InChI=1S/C22H28N2O4S/c1-4-28-21-12-10-20(11-13-21)24(29(3,26)27)15-22(25)23-16(2)18-9-8-17-6-5-7-19(17)14-18/h8-14,16H,4-7,15H2,1-3H3,(H,23,25)/t16-/m1/s1. The second-order valence-electron chi connectivity index (χ2n) is 7.37. The number of aryl methyl sites for hydroxylation is 2. The molecule has 0 spiro atoms. The number of amides is 1. The van der Waals surface area contributed by atoms with Crippen molar-refractivity contribution >= 4 is 21.6 Å². The molecule has 2 aromatic rings. The Kier molecular flexibility index (Phi) is 6.47. The Balaban J connectivity index is 1.70. The van der Waals surface area contributed by atoms with Gasteiger partial charge in [-0.25, -0.2) is 8.42 Å². The normalized spacial score (nSPS) is 14.2. The van der Waals surface area contributed by atoms with Gasteiger partial charge in [-0.15, -0.1) is 0 Å². The van der Waals surface area contributed by atoms with Gasteiger partial charge in [0.1, 0.15) is 12.3 Å². The molecule has 1 amide bonds. The Morgan fingerprint density at radius 2 is 1.83 bits per heavy atom. The van der Waals surface area contributed by atoms with E-state index in [1.54, 1.807) is 24.3 Å². The maximum absolute atomic E-state index is 12.6. The van der Waals surface area contributed by atoms with Crippen LogP contribution in [0.2, 0.25) is 0 Å². The summed E-state index contributed by atoms with van der Waals surface area (Å²) in [5.74, 6) is 0.302. The van der Waals surface area contributed by atoms with Crippen LogP contribution >= 0.6 is 0 Å². The van der Waals surface area contributed by atoms with E-state index in [-0.39, 0.29) is 18.5 Å². The number of carbonyl (C=O) groups is 1. The largest absolute Gasteiger partial charge is 0.494 e. The van der Waals surface area contributed by atoms with Gasteiger partial charge in [-0.3, -0.25) is 9.10 Å². The zero-order chi connectivity index (χ0) is 21.0. The van der Waals surface area contributed by atoms with Gasteiger partial charge in [0.2, 0.25) is 15.9 Å². The molecular weight excluding hydrogens is 388 g/mol. The molecule has 0 bridgehead atoms. The van der Waals surface area contributed by atoms with Gasteiger partial charge in [-0.2, -0.15) is 0 Å². The maximum Gasteiger partial charge on any atom is 0.241 e. The Labute approximate surface area is 172 Å². The number of anilines is 1. The molecule has 2 aromatic carbocycles. The molecular formula is C22H28N2O4S. The number of nitrogens with zero attached hydrogens (tertiary/aromatic N) is 1. The van der Waals surface area contributed by atoms with E-state index in [9.17, 15) is 13.2 Å². The number of nitrogens with one attached hydrogen (secondary N) is 1. The highest BCUT2D eigenvalue weighted by Gasteiger charge is 2.22. The minimum atomic E-state index is -3.61. The van der Waals surface area contributed by atoms with Crippen LogP contribution in [0.3, 0.4) is 0 Å². The van der Waals surface area contributed by atoms with Crippen molar-refractivity contribution < 1.29 is 17.9 Å². The van der Waals surface area contributed by atoms with Crippen molar-refractivity contribution in [2.24, 2.45) is 0 Å². The lowest BCUT2D eigenvalue weighted by Gasteiger charge is -2.23. The SMILES string of the molecule is CCOc1ccc(N(CC(=O)N[C@H](C)c2ccc3c(c2)CCC3)S(C)(=O)=O)cc1. The Bertz CT molecular complexity index is 971. The second kappa shape index (κ2) is 8.86. The fourth-order valence-electron chi connectivity index (χ4n) is 3.64. The van der Waals surface area contributed by atoms with Crippen molar-refractivity contribution in [2.75, 3.05) is 23.7 Å². The number of fused-ring (bicyclic) bond motifs is 1. The van der Waals surface area contributed by atoms with Gasteiger partial charge in [-0.05, 0) is 74.1 Å². The number of rotatable bonds is 8. The molecule has 7 heteroatoms. The van der Waals surface area contributed by atoms with Crippen LogP contribution in [0, 0.1) is 0 Å². The van der Waals surface area contributed by atoms with Crippen molar-refractivity contribution in [3.05, 3.63) is 59.2 Å². The number of hydrogen-bond donors (Lipinski definition) is 1. The van der Waals surface area contributed by atoms with Gasteiger partial charge in [0.25, 0.3) is 0 Å². The molecule has 0 aliphatic heterocycles. The molecule has 6 nitrogen and oxygen atoms in total. The van der Waals surface area contributed by atoms with E-state index in [1.807, 2.05) is 19.9 Å². The van der Waals surface area contributed by atoms with Crippen molar-refractivity contribution in [2.45, 2.75) is 39.2 Å². The lowest BCUT2D eigenvalue weighted by molar-refractivity contribution is -0.120. The highest BCUT2D eigenvalue weighted by molar-refractivity contribution is 7.92. The summed E-state index contributed by atoms with van der Waals surface area (Å²) in [6.45, 7) is 4.04. The number of hydrogen-bond acceptors (Lipinski definition) is 4. The van der Waals surface area contributed by atoms with Gasteiger partial charge in [-0.1, -0.05) is 18.2 Å². The third kappa shape index (κ3) is 5.29. The third-order valence-corrected chi connectivity index (χ3v) is 6.26. The Morgan fingerprint density at radius 1 is 1.14 bits per heavy atom. The van der Waals surface area contributed by atoms with Crippen LogP contribution in [0.5, 0.6) is 5.75 Å². The molecule has 1 aliphatic carbocycles.